The normalized spacial score (nSPS) is 26.3. The predicted molar refractivity (Wildman–Crippen MR) is 77.0 cm³/mol. The summed E-state index contributed by atoms with van der Waals surface area (Å²) in [6.45, 7) is 3.13. The highest BCUT2D eigenvalue weighted by molar-refractivity contribution is 5.91. The van der Waals surface area contributed by atoms with Gasteiger partial charge in [0, 0.05) is 19.2 Å². The van der Waals surface area contributed by atoms with Crippen molar-refractivity contribution in [1.29, 1.82) is 0 Å². The molecule has 0 unspecified atom stereocenters. The summed E-state index contributed by atoms with van der Waals surface area (Å²) < 4.78 is 10.8. The van der Waals surface area contributed by atoms with Gasteiger partial charge in [-0.1, -0.05) is 5.16 Å². The number of aromatic nitrogens is 1. The molecular weight excluding hydrogens is 286 g/mol. The fourth-order valence-corrected chi connectivity index (χ4v) is 3.31. The Morgan fingerprint density at radius 1 is 1.27 bits per heavy atom. The van der Waals surface area contributed by atoms with E-state index in [0.29, 0.717) is 36.9 Å². The lowest BCUT2D eigenvalue weighted by Gasteiger charge is -2.34. The molecule has 2 amide bonds. The molecule has 2 fully saturated rings. The molecule has 2 aliphatic heterocycles. The van der Waals surface area contributed by atoms with Gasteiger partial charge >= 0.3 is 0 Å². The highest BCUT2D eigenvalue weighted by Gasteiger charge is 2.36. The minimum absolute atomic E-state index is 0.0854. The average Bonchev–Trinajstić information content (AvgIpc) is 3.16. The van der Waals surface area contributed by atoms with Crippen LogP contribution in [-0.2, 0) is 9.53 Å². The third-order valence-electron chi connectivity index (χ3n) is 4.56. The van der Waals surface area contributed by atoms with Crippen LogP contribution in [0.25, 0.3) is 0 Å². The van der Waals surface area contributed by atoms with Crippen LogP contribution in [0.15, 0.2) is 10.6 Å². The van der Waals surface area contributed by atoms with Gasteiger partial charge in [0.25, 0.3) is 5.91 Å². The molecule has 2 saturated heterocycles. The number of ether oxygens (including phenoxy) is 1. The molecule has 22 heavy (non-hydrogen) atoms. The number of primary amides is 1. The first kappa shape index (κ1) is 15.0. The van der Waals surface area contributed by atoms with E-state index in [1.165, 1.54) is 0 Å². The van der Waals surface area contributed by atoms with Gasteiger partial charge in [-0.05, 0) is 38.5 Å². The minimum atomic E-state index is -0.443. The molecule has 0 radical (unpaired) electrons. The fraction of sp³-hybridized carbons (Fsp3) is 0.667. The third kappa shape index (κ3) is 2.99. The molecule has 120 valence electrons. The van der Waals surface area contributed by atoms with Crippen molar-refractivity contribution in [2.24, 2.45) is 11.7 Å². The second kappa shape index (κ2) is 6.08. The number of rotatable bonds is 3. The number of hydrogen-bond donors (Lipinski definition) is 1. The van der Waals surface area contributed by atoms with Crippen molar-refractivity contribution in [1.82, 2.24) is 10.1 Å². The Morgan fingerprint density at radius 3 is 2.55 bits per heavy atom. The molecule has 2 N–H and O–H groups in total. The number of nitrogens with two attached hydrogens (primary N) is 1. The van der Waals surface area contributed by atoms with Gasteiger partial charge in [-0.15, -0.1) is 0 Å². The van der Waals surface area contributed by atoms with Crippen LogP contribution in [0.3, 0.4) is 0 Å². The van der Waals surface area contributed by atoms with E-state index in [2.05, 4.69) is 5.16 Å². The van der Waals surface area contributed by atoms with Gasteiger partial charge in [-0.25, -0.2) is 0 Å². The number of nitrogens with zero attached hydrogens (tertiary/aromatic N) is 2. The highest BCUT2D eigenvalue weighted by atomic mass is 16.5. The first-order chi connectivity index (χ1) is 10.5. The Morgan fingerprint density at radius 2 is 2.00 bits per heavy atom. The van der Waals surface area contributed by atoms with E-state index in [4.69, 9.17) is 15.0 Å². The molecule has 2 atom stereocenters. The van der Waals surface area contributed by atoms with Gasteiger partial charge in [0.1, 0.15) is 6.10 Å². The van der Waals surface area contributed by atoms with E-state index in [1.807, 2.05) is 0 Å². The Bertz CT molecular complexity index is 563. The van der Waals surface area contributed by atoms with E-state index in [9.17, 15) is 9.59 Å². The Balaban J connectivity index is 1.52. The van der Waals surface area contributed by atoms with Crippen molar-refractivity contribution in [3.63, 3.8) is 0 Å². The zero-order valence-corrected chi connectivity index (χ0v) is 12.7. The second-order valence-corrected chi connectivity index (χ2v) is 6.11. The number of amides is 2. The van der Waals surface area contributed by atoms with Crippen LogP contribution in [0.5, 0.6) is 0 Å². The number of carbonyl (C=O) groups excluding carboxylic acids is 2. The van der Waals surface area contributed by atoms with Gasteiger partial charge in [0.15, 0.2) is 0 Å². The van der Waals surface area contributed by atoms with Crippen LogP contribution in [0.4, 0.5) is 0 Å². The summed E-state index contributed by atoms with van der Waals surface area (Å²) in [6.07, 6.45) is 2.96. The molecule has 7 heteroatoms. The molecule has 3 heterocycles. The lowest BCUT2D eigenvalue weighted by molar-refractivity contribution is -0.130. The lowest BCUT2D eigenvalue weighted by Crippen LogP contribution is -2.41. The largest absolute Gasteiger partial charge is 0.367 e. The molecule has 2 aliphatic rings. The van der Waals surface area contributed by atoms with Crippen molar-refractivity contribution in [3.8, 4) is 0 Å². The van der Waals surface area contributed by atoms with Crippen molar-refractivity contribution in [3.05, 3.63) is 17.5 Å². The first-order valence-corrected chi connectivity index (χ1v) is 7.72. The van der Waals surface area contributed by atoms with Gasteiger partial charge in [0.2, 0.25) is 11.7 Å². The molecule has 3 rings (SSSR count). The maximum absolute atomic E-state index is 12.3. The second-order valence-electron chi connectivity index (χ2n) is 6.11. The standard InChI is InChI=1S/C15H21N3O4/c1-9-8-13(22-17-9)15(20)18-6-4-10(5-7-18)11-2-3-12(21-11)14(16)19/h8,10-12H,2-7H2,1H3,(H2,16,19)/t11-,12+/m0/s1. The number of hydrogen-bond acceptors (Lipinski definition) is 5. The quantitative estimate of drug-likeness (QED) is 0.893. The van der Waals surface area contributed by atoms with Gasteiger partial charge in [-0.3, -0.25) is 9.59 Å². The summed E-state index contributed by atoms with van der Waals surface area (Å²) in [5, 5.41) is 3.75. The molecular formula is C15H21N3O4. The third-order valence-corrected chi connectivity index (χ3v) is 4.56. The molecule has 0 saturated carbocycles. The summed E-state index contributed by atoms with van der Waals surface area (Å²) >= 11 is 0. The van der Waals surface area contributed by atoms with E-state index in [1.54, 1.807) is 17.9 Å². The first-order valence-electron chi connectivity index (χ1n) is 7.72. The smallest absolute Gasteiger partial charge is 0.292 e. The van der Waals surface area contributed by atoms with Gasteiger partial charge < -0.3 is 19.9 Å². The van der Waals surface area contributed by atoms with Crippen LogP contribution < -0.4 is 5.73 Å². The van der Waals surface area contributed by atoms with Crippen LogP contribution in [0.2, 0.25) is 0 Å². The van der Waals surface area contributed by atoms with Crippen molar-refractivity contribution in [2.45, 2.75) is 44.8 Å². The van der Waals surface area contributed by atoms with Crippen LogP contribution in [0, 0.1) is 12.8 Å². The highest BCUT2D eigenvalue weighted by Crippen LogP contribution is 2.32. The van der Waals surface area contributed by atoms with E-state index in [0.717, 1.165) is 19.3 Å². The average molecular weight is 307 g/mol. The monoisotopic (exact) mass is 307 g/mol. The summed E-state index contributed by atoms with van der Waals surface area (Å²) in [4.78, 5) is 25.2. The summed E-state index contributed by atoms with van der Waals surface area (Å²) in [5.41, 5.74) is 5.99. The maximum Gasteiger partial charge on any atom is 0.292 e. The zero-order valence-electron chi connectivity index (χ0n) is 12.7. The molecule has 1 aromatic heterocycles. The molecule has 0 bridgehead atoms. The topological polar surface area (TPSA) is 98.7 Å². The number of carbonyl (C=O) groups is 2. The van der Waals surface area contributed by atoms with E-state index < -0.39 is 6.10 Å². The van der Waals surface area contributed by atoms with Gasteiger partial charge in [0.05, 0.1) is 11.8 Å². The number of piperidine rings is 1. The minimum Gasteiger partial charge on any atom is -0.367 e. The summed E-state index contributed by atoms with van der Waals surface area (Å²) in [5.74, 6) is 0.184. The van der Waals surface area contributed by atoms with E-state index >= 15 is 0 Å². The number of aryl methyl sites for hydroxylation is 1. The predicted octanol–water partition coefficient (Wildman–Crippen LogP) is 0.868. The summed E-state index contributed by atoms with van der Waals surface area (Å²) in [6, 6.07) is 1.66. The van der Waals surface area contributed by atoms with Crippen molar-refractivity contribution in [2.75, 3.05) is 13.1 Å². The maximum atomic E-state index is 12.3. The number of likely N-dealkylation sites (tertiary alicyclic amines) is 1. The van der Waals surface area contributed by atoms with Crippen LogP contribution in [0.1, 0.15) is 41.9 Å². The Hall–Kier alpha value is -1.89. The van der Waals surface area contributed by atoms with Crippen LogP contribution in [-0.4, -0.2) is 47.2 Å². The fourth-order valence-electron chi connectivity index (χ4n) is 3.31. The van der Waals surface area contributed by atoms with Crippen LogP contribution >= 0.6 is 0 Å². The van der Waals surface area contributed by atoms with Crippen molar-refractivity contribution >= 4 is 11.8 Å². The molecule has 1 aromatic rings. The lowest BCUT2D eigenvalue weighted by atomic mass is 9.89. The Kier molecular flexibility index (Phi) is 4.15. The van der Waals surface area contributed by atoms with Crippen molar-refractivity contribution < 1.29 is 18.8 Å². The molecule has 7 nitrogen and oxygen atoms in total. The van der Waals surface area contributed by atoms with Gasteiger partial charge in [-0.2, -0.15) is 0 Å². The Labute approximate surface area is 128 Å². The summed E-state index contributed by atoms with van der Waals surface area (Å²) in [7, 11) is 0. The van der Waals surface area contributed by atoms with E-state index in [-0.39, 0.29) is 17.9 Å². The zero-order chi connectivity index (χ0) is 15.7. The molecule has 0 aromatic carbocycles. The SMILES string of the molecule is Cc1cc(C(=O)N2CCC([C@@H]3CC[C@H](C(N)=O)O3)CC2)on1. The molecule has 0 spiro atoms. The molecule has 0 aliphatic carbocycles.